The average Bonchev–Trinajstić information content (AvgIpc) is 2.81. The Bertz CT molecular complexity index is 1020. The monoisotopic (exact) mass is 473 g/mol. The average molecular weight is 474 g/mol. The molecule has 1 unspecified atom stereocenters. The van der Waals surface area contributed by atoms with Gasteiger partial charge in [-0.3, -0.25) is 4.79 Å². The molecule has 1 fully saturated rings. The summed E-state index contributed by atoms with van der Waals surface area (Å²) < 4.78 is 24.9. The van der Waals surface area contributed by atoms with Gasteiger partial charge in [0.15, 0.2) is 6.10 Å². The van der Waals surface area contributed by atoms with Gasteiger partial charge in [-0.15, -0.1) is 0 Å². The van der Waals surface area contributed by atoms with Gasteiger partial charge < -0.3 is 24.7 Å². The molecule has 0 spiro atoms. The number of rotatable bonds is 6. The van der Waals surface area contributed by atoms with E-state index in [2.05, 4.69) is 10.3 Å². The zero-order valence-electron chi connectivity index (χ0n) is 18.9. The fourth-order valence-electron chi connectivity index (χ4n) is 4.58. The van der Waals surface area contributed by atoms with Crippen molar-refractivity contribution in [1.29, 1.82) is 0 Å². The molecule has 2 aromatic rings. The first-order valence-corrected chi connectivity index (χ1v) is 11.6. The van der Waals surface area contributed by atoms with Crippen molar-refractivity contribution < 1.29 is 18.7 Å². The lowest BCUT2D eigenvalue weighted by molar-refractivity contribution is -0.140. The Hall–Kier alpha value is -2.80. The summed E-state index contributed by atoms with van der Waals surface area (Å²) in [5.74, 6) is 0.823. The first kappa shape index (κ1) is 23.4. The number of nitrogens with one attached hydrogen (secondary N) is 1. The maximum Gasteiger partial charge on any atom is 0.265 e. The molecule has 1 atom stereocenters. The lowest BCUT2D eigenvalue weighted by atomic mass is 9.74. The van der Waals surface area contributed by atoms with E-state index in [4.69, 9.17) is 21.1 Å². The lowest BCUT2D eigenvalue weighted by Gasteiger charge is -2.41. The van der Waals surface area contributed by atoms with Crippen LogP contribution in [-0.4, -0.2) is 56.4 Å². The van der Waals surface area contributed by atoms with Crippen LogP contribution in [-0.2, 0) is 11.2 Å². The lowest BCUT2D eigenvalue weighted by Crippen LogP contribution is -2.51. The minimum Gasteiger partial charge on any atom is -0.492 e. The van der Waals surface area contributed by atoms with E-state index < -0.39 is 6.10 Å². The van der Waals surface area contributed by atoms with Gasteiger partial charge >= 0.3 is 0 Å². The van der Waals surface area contributed by atoms with Crippen LogP contribution >= 0.6 is 11.6 Å². The Morgan fingerprint density at radius 3 is 2.73 bits per heavy atom. The molecule has 2 aromatic carbocycles. The van der Waals surface area contributed by atoms with Gasteiger partial charge in [0.2, 0.25) is 0 Å². The summed E-state index contributed by atoms with van der Waals surface area (Å²) >= 11 is 6.25. The summed E-state index contributed by atoms with van der Waals surface area (Å²) in [4.78, 5) is 19.4. The number of hydrogen-bond donors (Lipinski definition) is 1. The minimum atomic E-state index is -0.613. The van der Waals surface area contributed by atoms with Crippen molar-refractivity contribution in [3.63, 3.8) is 0 Å². The van der Waals surface area contributed by atoms with E-state index in [9.17, 15) is 9.18 Å². The number of carbonyl (C=O) groups is 1. The number of carbonyl (C=O) groups excluding carboxylic acids is 1. The standard InChI is InChI=1S/C25H29ClFN3O3/c1-3-32-21-13-22-20(12-19(21)26)29-15-23(33-22)24(31)30-10-8-25(9-11-30,16-28-2)14-17-4-6-18(27)7-5-17/h4-7,12-13,16,23,29H,3,8-11,14-15H2,1-2H3. The maximum absolute atomic E-state index is 13.3. The summed E-state index contributed by atoms with van der Waals surface area (Å²) in [6.07, 6.45) is 3.72. The number of fused-ring (bicyclic) bond motifs is 1. The van der Waals surface area contributed by atoms with Crippen LogP contribution in [0.3, 0.4) is 0 Å². The summed E-state index contributed by atoms with van der Waals surface area (Å²) in [6, 6.07) is 10.1. The molecule has 2 heterocycles. The molecule has 0 aliphatic carbocycles. The van der Waals surface area contributed by atoms with Crippen LogP contribution in [0.15, 0.2) is 41.4 Å². The Balaban J connectivity index is 1.41. The first-order valence-electron chi connectivity index (χ1n) is 11.3. The van der Waals surface area contributed by atoms with Gasteiger partial charge in [0.1, 0.15) is 17.3 Å². The quantitative estimate of drug-likeness (QED) is 0.623. The Morgan fingerprint density at radius 1 is 1.33 bits per heavy atom. The molecular weight excluding hydrogens is 445 g/mol. The van der Waals surface area contributed by atoms with Crippen LogP contribution in [0.4, 0.5) is 10.1 Å². The number of ether oxygens (including phenoxy) is 2. The fraction of sp³-hybridized carbons (Fsp3) is 0.440. The summed E-state index contributed by atoms with van der Waals surface area (Å²) in [5.41, 5.74) is 1.67. The van der Waals surface area contributed by atoms with Crippen molar-refractivity contribution in [1.82, 2.24) is 4.90 Å². The van der Waals surface area contributed by atoms with E-state index in [-0.39, 0.29) is 17.1 Å². The first-order chi connectivity index (χ1) is 15.9. The van der Waals surface area contributed by atoms with Crippen LogP contribution in [0.2, 0.25) is 5.02 Å². The highest BCUT2D eigenvalue weighted by Gasteiger charge is 2.38. The van der Waals surface area contributed by atoms with Gasteiger partial charge in [0, 0.05) is 37.8 Å². The predicted molar refractivity (Wildman–Crippen MR) is 128 cm³/mol. The Labute approximate surface area is 198 Å². The highest BCUT2D eigenvalue weighted by molar-refractivity contribution is 6.32. The van der Waals surface area contributed by atoms with Gasteiger partial charge in [-0.1, -0.05) is 23.7 Å². The highest BCUT2D eigenvalue weighted by Crippen LogP contribution is 2.39. The van der Waals surface area contributed by atoms with E-state index in [0.717, 1.165) is 30.5 Å². The van der Waals surface area contributed by atoms with E-state index in [1.165, 1.54) is 12.1 Å². The van der Waals surface area contributed by atoms with E-state index in [1.54, 1.807) is 19.2 Å². The van der Waals surface area contributed by atoms with E-state index in [1.807, 2.05) is 30.2 Å². The number of benzene rings is 2. The molecule has 1 N–H and O–H groups in total. The van der Waals surface area contributed by atoms with Crippen molar-refractivity contribution in [3.8, 4) is 11.5 Å². The summed E-state index contributed by atoms with van der Waals surface area (Å²) in [6.45, 7) is 3.98. The van der Waals surface area contributed by atoms with Crippen molar-refractivity contribution in [2.45, 2.75) is 32.3 Å². The third kappa shape index (κ3) is 5.24. The molecule has 1 saturated heterocycles. The molecule has 2 aliphatic rings. The second-order valence-electron chi connectivity index (χ2n) is 8.58. The highest BCUT2D eigenvalue weighted by atomic mass is 35.5. The summed E-state index contributed by atoms with van der Waals surface area (Å²) in [5, 5.41) is 3.75. The molecule has 6 nitrogen and oxygen atoms in total. The number of halogens is 2. The largest absolute Gasteiger partial charge is 0.492 e. The number of piperidine rings is 1. The number of hydrogen-bond acceptors (Lipinski definition) is 5. The summed E-state index contributed by atoms with van der Waals surface area (Å²) in [7, 11) is 1.77. The van der Waals surface area contributed by atoms with Crippen molar-refractivity contribution >= 4 is 29.4 Å². The molecular formula is C25H29ClFN3O3. The van der Waals surface area contributed by atoms with Gasteiger partial charge in [0.05, 0.1) is 23.9 Å². The number of anilines is 1. The SMILES string of the molecule is CCOc1cc2c(cc1Cl)NCC(C(=O)N1CCC(C=NC)(Cc3ccc(F)cc3)CC1)O2. The number of nitrogens with zero attached hydrogens (tertiary/aromatic N) is 2. The topological polar surface area (TPSA) is 63.2 Å². The predicted octanol–water partition coefficient (Wildman–Crippen LogP) is 4.60. The molecule has 33 heavy (non-hydrogen) atoms. The molecule has 0 saturated carbocycles. The van der Waals surface area contributed by atoms with Crippen molar-refractivity contribution in [2.24, 2.45) is 10.4 Å². The van der Waals surface area contributed by atoms with Crippen LogP contribution in [0, 0.1) is 11.2 Å². The van der Waals surface area contributed by atoms with Crippen LogP contribution in [0.25, 0.3) is 0 Å². The molecule has 1 amide bonds. The Morgan fingerprint density at radius 2 is 2.06 bits per heavy atom. The number of aliphatic imine (C=N–C) groups is 1. The van der Waals surface area contributed by atoms with Crippen LogP contribution in [0.1, 0.15) is 25.3 Å². The van der Waals surface area contributed by atoms with Gasteiger partial charge in [-0.2, -0.15) is 0 Å². The third-order valence-electron chi connectivity index (χ3n) is 6.30. The second kappa shape index (κ2) is 10.00. The number of likely N-dealkylation sites (tertiary alicyclic amines) is 1. The smallest absolute Gasteiger partial charge is 0.265 e. The van der Waals surface area contributed by atoms with Crippen molar-refractivity contribution in [3.05, 3.63) is 52.8 Å². The van der Waals surface area contributed by atoms with Crippen LogP contribution < -0.4 is 14.8 Å². The minimum absolute atomic E-state index is 0.0371. The fourth-order valence-corrected chi connectivity index (χ4v) is 4.80. The van der Waals surface area contributed by atoms with Gasteiger partial charge in [-0.25, -0.2) is 4.39 Å². The normalized spacial score (nSPS) is 19.5. The molecule has 8 heteroatoms. The zero-order valence-corrected chi connectivity index (χ0v) is 19.7. The van der Waals surface area contributed by atoms with Gasteiger partial charge in [-0.05, 0) is 49.9 Å². The molecule has 176 valence electrons. The molecule has 0 aromatic heterocycles. The maximum atomic E-state index is 13.3. The third-order valence-corrected chi connectivity index (χ3v) is 6.60. The van der Waals surface area contributed by atoms with Gasteiger partial charge in [0.25, 0.3) is 5.91 Å². The second-order valence-corrected chi connectivity index (χ2v) is 8.98. The zero-order chi connectivity index (χ0) is 23.4. The van der Waals surface area contributed by atoms with E-state index in [0.29, 0.717) is 42.8 Å². The molecule has 4 rings (SSSR count). The Kier molecular flexibility index (Phi) is 7.08. The molecule has 0 bridgehead atoms. The van der Waals surface area contributed by atoms with Crippen molar-refractivity contribution in [2.75, 3.05) is 38.6 Å². The number of amides is 1. The molecule has 0 radical (unpaired) electrons. The van der Waals surface area contributed by atoms with Crippen LogP contribution in [0.5, 0.6) is 11.5 Å². The van der Waals surface area contributed by atoms with E-state index >= 15 is 0 Å². The molecule has 2 aliphatic heterocycles.